The highest BCUT2D eigenvalue weighted by atomic mass is 28.4. The predicted molar refractivity (Wildman–Crippen MR) is 100 cm³/mol. The minimum Gasteiger partial charge on any atom is -0.544 e. The van der Waals surface area contributed by atoms with E-state index in [9.17, 15) is 4.79 Å². The van der Waals surface area contributed by atoms with Crippen molar-refractivity contribution in [2.45, 2.75) is 45.5 Å². The largest absolute Gasteiger partial charge is 0.544 e. The van der Waals surface area contributed by atoms with Crippen molar-refractivity contribution in [1.82, 2.24) is 0 Å². The summed E-state index contributed by atoms with van der Waals surface area (Å²) in [5, 5.41) is 0. The highest BCUT2D eigenvalue weighted by molar-refractivity contribution is 6.71. The highest BCUT2D eigenvalue weighted by Crippen LogP contribution is 2.27. The molecule has 2 rings (SSSR count). The van der Waals surface area contributed by atoms with Crippen LogP contribution < -0.4 is 9.16 Å². The van der Waals surface area contributed by atoms with Gasteiger partial charge in [0.25, 0.3) is 0 Å². The van der Waals surface area contributed by atoms with Crippen LogP contribution >= 0.6 is 0 Å². The molecule has 2 aromatic rings. The van der Waals surface area contributed by atoms with E-state index in [4.69, 9.17) is 9.16 Å². The van der Waals surface area contributed by atoms with Crippen molar-refractivity contribution in [3.05, 3.63) is 59.7 Å². The first-order valence-corrected chi connectivity index (χ1v) is 11.6. The molecule has 0 radical (unpaired) electrons. The molecule has 0 heterocycles. The third-order valence-corrected chi connectivity index (χ3v) is 6.22. The van der Waals surface area contributed by atoms with Gasteiger partial charge < -0.3 is 9.16 Å². The van der Waals surface area contributed by atoms with Gasteiger partial charge >= 0.3 is 0 Å². The Morgan fingerprint density at radius 2 is 1.83 bits per heavy atom. The van der Waals surface area contributed by atoms with Gasteiger partial charge in [-0.2, -0.15) is 0 Å². The molecular weight excluding hydrogens is 316 g/mol. The molecule has 0 spiro atoms. The minimum atomic E-state index is -1.75. The lowest BCUT2D eigenvalue weighted by molar-refractivity contribution is 0.111. The summed E-state index contributed by atoms with van der Waals surface area (Å²) in [6.45, 7) is 7.05. The van der Waals surface area contributed by atoms with Crippen molar-refractivity contribution in [3.63, 3.8) is 0 Å². The second-order valence-electron chi connectivity index (χ2n) is 6.56. The summed E-state index contributed by atoms with van der Waals surface area (Å²) in [6, 6.07) is 16.5. The Hall–Kier alpha value is -2.07. The zero-order valence-corrected chi connectivity index (χ0v) is 15.7. The summed E-state index contributed by atoms with van der Waals surface area (Å²) < 4.78 is 12.0. The van der Waals surface area contributed by atoms with E-state index in [0.717, 1.165) is 23.6 Å². The molecule has 0 aromatic heterocycles. The van der Waals surface area contributed by atoms with Gasteiger partial charge in [0.2, 0.25) is 8.32 Å². The van der Waals surface area contributed by atoms with Crippen molar-refractivity contribution < 1.29 is 14.0 Å². The van der Waals surface area contributed by atoms with Gasteiger partial charge in [-0.25, -0.2) is 0 Å². The number of unbranched alkanes of at least 4 members (excludes halogenated alkanes) is 1. The number of hydrogen-bond donors (Lipinski definition) is 0. The molecule has 0 aliphatic rings. The summed E-state index contributed by atoms with van der Waals surface area (Å²) in [6.07, 6.45) is 3.18. The number of carbonyl (C=O) groups excluding carboxylic acids is 1. The molecule has 0 unspecified atom stereocenters. The summed E-state index contributed by atoms with van der Waals surface area (Å²) in [5.74, 6) is 1.35. The number of benzene rings is 2. The topological polar surface area (TPSA) is 35.5 Å². The smallest absolute Gasteiger partial charge is 0.245 e. The lowest BCUT2D eigenvalue weighted by atomic mass is 10.2. The maximum absolute atomic E-state index is 11.4. The fraction of sp³-hybridized carbons (Fsp3) is 0.350. The lowest BCUT2D eigenvalue weighted by Gasteiger charge is -2.24. The van der Waals surface area contributed by atoms with Crippen LogP contribution in [0.25, 0.3) is 0 Å². The number of carbonyl (C=O) groups is 1. The van der Waals surface area contributed by atoms with Gasteiger partial charge in [0.05, 0.1) is 5.56 Å². The second-order valence-corrected chi connectivity index (χ2v) is 10.8. The van der Waals surface area contributed by atoms with E-state index in [1.165, 1.54) is 12.8 Å². The van der Waals surface area contributed by atoms with E-state index in [1.54, 1.807) is 6.07 Å². The number of hydrogen-bond acceptors (Lipinski definition) is 3. The van der Waals surface area contributed by atoms with Crippen molar-refractivity contribution >= 4 is 14.6 Å². The van der Waals surface area contributed by atoms with Gasteiger partial charge in [0.1, 0.15) is 18.1 Å². The molecule has 3 nitrogen and oxygen atoms in total. The Kier molecular flexibility index (Phi) is 6.61. The predicted octanol–water partition coefficient (Wildman–Crippen LogP) is 5.46. The first kappa shape index (κ1) is 18.3. The second kappa shape index (κ2) is 8.69. The zero-order valence-electron chi connectivity index (χ0n) is 14.7. The average molecular weight is 343 g/mol. The van der Waals surface area contributed by atoms with Crippen molar-refractivity contribution in [1.29, 1.82) is 0 Å². The molecule has 4 heteroatoms. The van der Waals surface area contributed by atoms with E-state index in [1.807, 2.05) is 42.5 Å². The molecule has 0 amide bonds. The van der Waals surface area contributed by atoms with Crippen LogP contribution in [0, 0.1) is 0 Å². The molecule has 0 fully saturated rings. The van der Waals surface area contributed by atoms with E-state index in [-0.39, 0.29) is 0 Å². The Morgan fingerprint density at radius 3 is 2.50 bits per heavy atom. The van der Waals surface area contributed by atoms with Crippen molar-refractivity contribution in [2.24, 2.45) is 0 Å². The lowest BCUT2D eigenvalue weighted by Crippen LogP contribution is -2.33. The first-order chi connectivity index (χ1) is 11.5. The van der Waals surface area contributed by atoms with Crippen molar-refractivity contribution in [2.75, 3.05) is 0 Å². The van der Waals surface area contributed by atoms with Crippen molar-refractivity contribution in [3.8, 4) is 11.5 Å². The fourth-order valence-electron chi connectivity index (χ4n) is 2.52. The molecule has 0 saturated carbocycles. The van der Waals surface area contributed by atoms with Crippen LogP contribution in [0.4, 0.5) is 0 Å². The first-order valence-electron chi connectivity index (χ1n) is 8.49. The van der Waals surface area contributed by atoms with Crippen LogP contribution in [0.3, 0.4) is 0 Å². The van der Waals surface area contributed by atoms with Crippen LogP contribution in [0.5, 0.6) is 11.5 Å². The molecule has 0 saturated heterocycles. The number of rotatable bonds is 9. The monoisotopic (exact) mass is 342 g/mol. The average Bonchev–Trinajstić information content (AvgIpc) is 2.59. The maximum atomic E-state index is 11.4. The molecule has 0 N–H and O–H groups in total. The molecule has 0 aliphatic heterocycles. The highest BCUT2D eigenvalue weighted by Gasteiger charge is 2.23. The summed E-state index contributed by atoms with van der Waals surface area (Å²) in [5.41, 5.74) is 1.60. The van der Waals surface area contributed by atoms with E-state index in [0.29, 0.717) is 17.9 Å². The SMILES string of the molecule is CCCC[Si](C)(C)Oc1ccc(OCc2ccccc2)c(C=O)c1. The Labute approximate surface area is 145 Å². The van der Waals surface area contributed by atoms with E-state index in [2.05, 4.69) is 20.0 Å². The van der Waals surface area contributed by atoms with Gasteiger partial charge in [-0.15, -0.1) is 0 Å². The Balaban J connectivity index is 2.05. The normalized spacial score (nSPS) is 11.1. The van der Waals surface area contributed by atoms with Gasteiger partial charge in [0, 0.05) is 0 Å². The summed E-state index contributed by atoms with van der Waals surface area (Å²) in [7, 11) is -1.75. The van der Waals surface area contributed by atoms with Crippen LogP contribution in [0.15, 0.2) is 48.5 Å². The molecule has 0 aliphatic carbocycles. The summed E-state index contributed by atoms with van der Waals surface area (Å²) in [4.78, 5) is 11.4. The standard InChI is InChI=1S/C20H26O3Si/c1-4-5-13-24(2,3)23-19-11-12-20(18(14-19)15-21)22-16-17-9-7-6-8-10-17/h6-12,14-15H,4-5,13,16H2,1-3H3. The molecule has 2 aromatic carbocycles. The minimum absolute atomic E-state index is 0.443. The number of aldehydes is 1. The third-order valence-electron chi connectivity index (χ3n) is 3.87. The van der Waals surface area contributed by atoms with Gasteiger partial charge in [-0.1, -0.05) is 50.1 Å². The van der Waals surface area contributed by atoms with Crippen LogP contribution in [-0.4, -0.2) is 14.6 Å². The fourth-order valence-corrected chi connectivity index (χ4v) is 4.59. The molecule has 24 heavy (non-hydrogen) atoms. The number of ether oxygens (including phenoxy) is 1. The molecule has 0 atom stereocenters. The molecule has 0 bridgehead atoms. The van der Waals surface area contributed by atoms with Crippen LogP contribution in [0.2, 0.25) is 19.1 Å². The van der Waals surface area contributed by atoms with Gasteiger partial charge in [-0.05, 0) is 42.9 Å². The molecule has 128 valence electrons. The van der Waals surface area contributed by atoms with E-state index < -0.39 is 8.32 Å². The van der Waals surface area contributed by atoms with E-state index >= 15 is 0 Å². The van der Waals surface area contributed by atoms with Gasteiger partial charge in [0.15, 0.2) is 6.29 Å². The summed E-state index contributed by atoms with van der Waals surface area (Å²) >= 11 is 0. The van der Waals surface area contributed by atoms with Crippen LogP contribution in [-0.2, 0) is 6.61 Å². The van der Waals surface area contributed by atoms with Gasteiger partial charge in [-0.3, -0.25) is 4.79 Å². The molecular formula is C20H26O3Si. The zero-order chi connectivity index (χ0) is 17.4. The quantitative estimate of drug-likeness (QED) is 0.448. The van der Waals surface area contributed by atoms with Crippen LogP contribution in [0.1, 0.15) is 35.7 Å². The Morgan fingerprint density at radius 1 is 1.08 bits per heavy atom. The Bertz CT molecular complexity index is 653. The third kappa shape index (κ3) is 5.53. The maximum Gasteiger partial charge on any atom is 0.245 e.